The quantitative estimate of drug-likeness (QED) is 0.643. The van der Waals surface area contributed by atoms with Gasteiger partial charge in [0.15, 0.2) is 5.69 Å². The largest absolute Gasteiger partial charge is 0.421 e. The first-order valence-electron chi connectivity index (χ1n) is 8.96. The molecule has 0 atom stereocenters. The predicted octanol–water partition coefficient (Wildman–Crippen LogP) is 4.16. The maximum atomic E-state index is 13.0. The van der Waals surface area contributed by atoms with E-state index in [1.165, 1.54) is 12.1 Å². The molecule has 0 bridgehead atoms. The molecule has 28 heavy (non-hydrogen) atoms. The van der Waals surface area contributed by atoms with Crippen LogP contribution in [0.3, 0.4) is 0 Å². The van der Waals surface area contributed by atoms with Crippen molar-refractivity contribution in [2.24, 2.45) is 0 Å². The van der Waals surface area contributed by atoms with Crippen molar-refractivity contribution in [3.05, 3.63) is 63.5 Å². The molecule has 1 fully saturated rings. The summed E-state index contributed by atoms with van der Waals surface area (Å²) in [4.78, 5) is 14.8. The Morgan fingerprint density at radius 3 is 2.54 bits per heavy atom. The van der Waals surface area contributed by atoms with Crippen molar-refractivity contribution in [3.63, 3.8) is 0 Å². The highest BCUT2D eigenvalue weighted by Gasteiger charge is 2.27. The number of hydrogen-bond donors (Lipinski definition) is 1. The van der Waals surface area contributed by atoms with Crippen LogP contribution in [0, 0.1) is 6.92 Å². The molecule has 0 saturated carbocycles. The average Bonchev–Trinajstić information content (AvgIpc) is 3.16. The summed E-state index contributed by atoms with van der Waals surface area (Å²) in [5.41, 5.74) is 0.721. The molecule has 1 aromatic heterocycles. The topological polar surface area (TPSA) is 79.6 Å². The fourth-order valence-electron chi connectivity index (χ4n) is 3.60. The number of halogens is 1. The normalized spacial score (nSPS) is 14.6. The number of fused-ring (bicyclic) bond motifs is 1. The van der Waals surface area contributed by atoms with E-state index in [0.717, 1.165) is 25.9 Å². The lowest BCUT2D eigenvalue weighted by Gasteiger charge is -2.23. The van der Waals surface area contributed by atoms with E-state index < -0.39 is 15.6 Å². The Morgan fingerprint density at radius 1 is 1.11 bits per heavy atom. The van der Waals surface area contributed by atoms with Gasteiger partial charge in [0.05, 0.1) is 10.6 Å². The van der Waals surface area contributed by atoms with Gasteiger partial charge >= 0.3 is 5.63 Å². The Morgan fingerprint density at radius 2 is 1.82 bits per heavy atom. The van der Waals surface area contributed by atoms with E-state index in [9.17, 15) is 13.2 Å². The smallest absolute Gasteiger partial charge is 0.363 e. The molecule has 8 heteroatoms. The molecule has 4 rings (SSSR count). The van der Waals surface area contributed by atoms with Gasteiger partial charge in [-0.1, -0.05) is 23.7 Å². The van der Waals surface area contributed by atoms with Crippen molar-refractivity contribution in [2.75, 3.05) is 22.7 Å². The molecule has 146 valence electrons. The lowest BCUT2D eigenvalue weighted by Crippen LogP contribution is -2.26. The zero-order valence-electron chi connectivity index (χ0n) is 15.2. The SMILES string of the molecule is Cc1cc(Cl)ccc1S(=O)(=O)Nc1c(N2CCCC2)c2ccccc2oc1=O. The molecular weight excluding hydrogens is 400 g/mol. The standard InChI is InChI=1S/C20H19ClN2O4S/c1-13-12-14(21)8-9-17(13)28(25,26)22-18-19(23-10-4-5-11-23)15-6-2-3-7-16(15)27-20(18)24/h2-3,6-9,12,22H,4-5,10-11H2,1H3. The van der Waals surface area contributed by atoms with Gasteiger partial charge in [-0.3, -0.25) is 4.72 Å². The van der Waals surface area contributed by atoms with Crippen LogP contribution in [-0.2, 0) is 10.0 Å². The van der Waals surface area contributed by atoms with Gasteiger partial charge in [-0.2, -0.15) is 0 Å². The van der Waals surface area contributed by atoms with Crippen LogP contribution >= 0.6 is 11.6 Å². The van der Waals surface area contributed by atoms with Crippen molar-refractivity contribution in [2.45, 2.75) is 24.7 Å². The van der Waals surface area contributed by atoms with Crippen molar-refractivity contribution >= 4 is 44.0 Å². The van der Waals surface area contributed by atoms with E-state index in [1.54, 1.807) is 25.1 Å². The van der Waals surface area contributed by atoms with Gasteiger partial charge in [-0.25, -0.2) is 13.2 Å². The van der Waals surface area contributed by atoms with Crippen LogP contribution < -0.4 is 15.2 Å². The second-order valence-electron chi connectivity index (χ2n) is 6.82. The molecule has 0 spiro atoms. The molecule has 0 unspecified atom stereocenters. The van der Waals surface area contributed by atoms with Crippen molar-refractivity contribution < 1.29 is 12.8 Å². The number of rotatable bonds is 4. The summed E-state index contributed by atoms with van der Waals surface area (Å²) in [5, 5.41) is 1.15. The molecule has 0 amide bonds. The maximum Gasteiger partial charge on any atom is 0.363 e. The summed E-state index contributed by atoms with van der Waals surface area (Å²) in [6.07, 6.45) is 1.97. The number of benzene rings is 2. The minimum absolute atomic E-state index is 0.0602. The van der Waals surface area contributed by atoms with Crippen LogP contribution in [0.2, 0.25) is 5.02 Å². The van der Waals surface area contributed by atoms with Gasteiger partial charge in [0.2, 0.25) is 0 Å². The molecule has 1 N–H and O–H groups in total. The first-order chi connectivity index (χ1) is 13.4. The summed E-state index contributed by atoms with van der Waals surface area (Å²) in [7, 11) is -4.00. The molecule has 2 heterocycles. The highest BCUT2D eigenvalue weighted by molar-refractivity contribution is 7.92. The summed E-state index contributed by atoms with van der Waals surface area (Å²) in [6, 6.07) is 11.7. The monoisotopic (exact) mass is 418 g/mol. The minimum Gasteiger partial charge on any atom is -0.421 e. The maximum absolute atomic E-state index is 13.0. The van der Waals surface area contributed by atoms with Gasteiger partial charge < -0.3 is 9.32 Å². The van der Waals surface area contributed by atoms with Crippen LogP contribution in [0.5, 0.6) is 0 Å². The first-order valence-corrected chi connectivity index (χ1v) is 10.8. The third-order valence-corrected chi connectivity index (χ3v) is 6.62. The van der Waals surface area contributed by atoms with E-state index in [0.29, 0.717) is 27.2 Å². The molecule has 0 radical (unpaired) electrons. The Labute approximate surface area is 167 Å². The van der Waals surface area contributed by atoms with Crippen LogP contribution in [0.25, 0.3) is 11.0 Å². The van der Waals surface area contributed by atoms with Gasteiger partial charge in [-0.15, -0.1) is 0 Å². The van der Waals surface area contributed by atoms with E-state index in [4.69, 9.17) is 16.0 Å². The molecule has 1 aliphatic rings. The first kappa shape index (κ1) is 18.8. The highest BCUT2D eigenvalue weighted by atomic mass is 35.5. The van der Waals surface area contributed by atoms with Crippen LogP contribution in [0.15, 0.2) is 56.6 Å². The van der Waals surface area contributed by atoms with Crippen molar-refractivity contribution in [3.8, 4) is 0 Å². The van der Waals surface area contributed by atoms with Gasteiger partial charge in [0, 0.05) is 23.5 Å². The number of nitrogens with one attached hydrogen (secondary N) is 1. The fourth-order valence-corrected chi connectivity index (χ4v) is 5.11. The number of para-hydroxylation sites is 1. The Hall–Kier alpha value is -2.51. The van der Waals surface area contributed by atoms with E-state index in [2.05, 4.69) is 4.72 Å². The Kier molecular flexibility index (Phi) is 4.81. The lowest BCUT2D eigenvalue weighted by atomic mass is 10.1. The molecular formula is C20H19ClN2O4S. The van der Waals surface area contributed by atoms with Crippen LogP contribution in [0.4, 0.5) is 11.4 Å². The number of aryl methyl sites for hydroxylation is 1. The Bertz CT molecular complexity index is 1210. The highest BCUT2D eigenvalue weighted by Crippen LogP contribution is 2.35. The molecule has 3 aromatic rings. The number of sulfonamides is 1. The van der Waals surface area contributed by atoms with E-state index >= 15 is 0 Å². The van der Waals surface area contributed by atoms with Gasteiger partial charge in [0.25, 0.3) is 10.0 Å². The Balaban J connectivity index is 1.89. The van der Waals surface area contributed by atoms with Gasteiger partial charge in [-0.05, 0) is 55.7 Å². The zero-order valence-corrected chi connectivity index (χ0v) is 16.8. The average molecular weight is 419 g/mol. The molecule has 6 nitrogen and oxygen atoms in total. The van der Waals surface area contributed by atoms with Crippen LogP contribution in [0.1, 0.15) is 18.4 Å². The molecule has 1 aliphatic heterocycles. The molecule has 1 saturated heterocycles. The summed E-state index contributed by atoms with van der Waals surface area (Å²) in [6.45, 7) is 3.16. The molecule has 2 aromatic carbocycles. The third-order valence-electron chi connectivity index (χ3n) is 4.87. The summed E-state index contributed by atoms with van der Waals surface area (Å²) in [5.74, 6) is 0. The number of hydrogen-bond acceptors (Lipinski definition) is 5. The minimum atomic E-state index is -4.00. The summed E-state index contributed by atoms with van der Waals surface area (Å²) >= 11 is 5.94. The second-order valence-corrected chi connectivity index (χ2v) is 8.91. The number of nitrogens with zero attached hydrogens (tertiary/aromatic N) is 1. The summed E-state index contributed by atoms with van der Waals surface area (Å²) < 4.78 is 33.9. The van der Waals surface area contributed by atoms with Gasteiger partial charge in [0.1, 0.15) is 5.58 Å². The number of anilines is 2. The zero-order chi connectivity index (χ0) is 19.9. The van der Waals surface area contributed by atoms with E-state index in [1.807, 2.05) is 17.0 Å². The second kappa shape index (κ2) is 7.14. The fraction of sp³-hybridized carbons (Fsp3) is 0.250. The third kappa shape index (κ3) is 3.36. The van der Waals surface area contributed by atoms with E-state index in [-0.39, 0.29) is 10.6 Å². The van der Waals surface area contributed by atoms with Crippen LogP contribution in [-0.4, -0.2) is 21.5 Å². The van der Waals surface area contributed by atoms with Crippen molar-refractivity contribution in [1.82, 2.24) is 0 Å². The lowest BCUT2D eigenvalue weighted by molar-refractivity contribution is 0.562. The molecule has 0 aliphatic carbocycles. The van der Waals surface area contributed by atoms with Crippen molar-refractivity contribution in [1.29, 1.82) is 0 Å². The predicted molar refractivity (Wildman–Crippen MR) is 111 cm³/mol.